The first-order chi connectivity index (χ1) is 13.0. The molecule has 2 aromatic rings. The Kier molecular flexibility index (Phi) is 5.93. The summed E-state index contributed by atoms with van der Waals surface area (Å²) >= 11 is 0. The molecule has 1 aliphatic heterocycles. The fourth-order valence-corrected chi connectivity index (χ4v) is 3.46. The number of aromatic nitrogens is 4. The number of amides is 1. The van der Waals surface area contributed by atoms with Gasteiger partial charge in [0.05, 0.1) is 12.2 Å². The molecule has 1 amide bonds. The van der Waals surface area contributed by atoms with Gasteiger partial charge < -0.3 is 14.5 Å². The van der Waals surface area contributed by atoms with Crippen LogP contribution in [0, 0.1) is 13.8 Å². The molecule has 3 rings (SSSR count). The number of carbonyl (C=O) groups is 1. The quantitative estimate of drug-likeness (QED) is 0.833. The van der Waals surface area contributed by atoms with E-state index in [4.69, 9.17) is 4.74 Å². The topological polar surface area (TPSA) is 87.2 Å². The molecule has 2 aromatic heterocycles. The van der Waals surface area contributed by atoms with E-state index in [1.54, 1.807) is 12.4 Å². The van der Waals surface area contributed by atoms with Crippen molar-refractivity contribution < 1.29 is 9.53 Å². The van der Waals surface area contributed by atoms with Crippen molar-refractivity contribution in [2.45, 2.75) is 45.6 Å². The lowest BCUT2D eigenvalue weighted by molar-refractivity contribution is -0.133. The summed E-state index contributed by atoms with van der Waals surface area (Å²) in [5.41, 5.74) is 3.15. The van der Waals surface area contributed by atoms with Crippen molar-refractivity contribution >= 4 is 11.7 Å². The minimum Gasteiger partial charge on any atom is -0.470 e. The largest absolute Gasteiger partial charge is 0.470 e. The van der Waals surface area contributed by atoms with E-state index >= 15 is 0 Å². The lowest BCUT2D eigenvalue weighted by Gasteiger charge is -2.33. The molecule has 0 saturated carbocycles. The average molecular weight is 372 g/mol. The van der Waals surface area contributed by atoms with E-state index in [0.717, 1.165) is 36.3 Å². The third-order valence-corrected chi connectivity index (χ3v) is 4.95. The maximum absolute atomic E-state index is 12.7. The number of hydrogen-bond donors (Lipinski definition) is 1. The van der Waals surface area contributed by atoms with Gasteiger partial charge in [-0.2, -0.15) is 5.10 Å². The van der Waals surface area contributed by atoms with Gasteiger partial charge >= 0.3 is 0 Å². The number of nitrogens with one attached hydrogen (secondary N) is 1. The molecular formula is C19H28N6O2. The van der Waals surface area contributed by atoms with Gasteiger partial charge in [0.25, 0.3) is 5.88 Å². The van der Waals surface area contributed by atoms with Gasteiger partial charge in [-0.3, -0.25) is 9.89 Å². The smallest absolute Gasteiger partial charge is 0.257 e. The zero-order valence-electron chi connectivity index (χ0n) is 16.5. The fourth-order valence-electron chi connectivity index (χ4n) is 3.46. The Balaban J connectivity index is 1.58. The first kappa shape index (κ1) is 19.1. The maximum atomic E-state index is 12.7. The van der Waals surface area contributed by atoms with Crippen LogP contribution in [0.4, 0.5) is 5.82 Å². The predicted molar refractivity (Wildman–Crippen MR) is 103 cm³/mol. The van der Waals surface area contributed by atoms with Crippen LogP contribution in [0.2, 0.25) is 0 Å². The van der Waals surface area contributed by atoms with Gasteiger partial charge in [-0.25, -0.2) is 9.97 Å². The maximum Gasteiger partial charge on any atom is 0.257 e. The summed E-state index contributed by atoms with van der Waals surface area (Å²) in [4.78, 5) is 25.1. The molecule has 0 aromatic carbocycles. The molecule has 0 spiro atoms. The number of rotatable bonds is 6. The summed E-state index contributed by atoms with van der Waals surface area (Å²) in [6, 6.07) is 0. The Labute approximate surface area is 159 Å². The molecule has 8 nitrogen and oxygen atoms in total. The molecule has 0 radical (unpaired) electrons. The van der Waals surface area contributed by atoms with Crippen molar-refractivity contribution in [1.82, 2.24) is 25.1 Å². The highest BCUT2D eigenvalue weighted by Crippen LogP contribution is 2.24. The number of ether oxygens (including phenoxy) is 1. The van der Waals surface area contributed by atoms with Crippen molar-refractivity contribution in [3.05, 3.63) is 29.3 Å². The highest BCUT2D eigenvalue weighted by Gasteiger charge is 2.26. The summed E-state index contributed by atoms with van der Waals surface area (Å²) in [6.07, 6.45) is 6.26. The molecule has 8 heteroatoms. The molecule has 27 heavy (non-hydrogen) atoms. The standard InChI is InChI=1S/C19H28N6O2/c1-13-16(14(2)23-22-13)7-8-17(26)25-11-5-6-15(12-25)27-19-18(24(3)4)20-9-10-21-19/h9-10,15H,5-8,11-12H2,1-4H3,(H,22,23). The first-order valence-electron chi connectivity index (χ1n) is 9.39. The first-order valence-corrected chi connectivity index (χ1v) is 9.39. The Morgan fingerprint density at radius 3 is 2.81 bits per heavy atom. The molecule has 1 saturated heterocycles. The number of likely N-dealkylation sites (tertiary alicyclic amines) is 1. The number of H-pyrrole nitrogens is 1. The fraction of sp³-hybridized carbons (Fsp3) is 0.579. The lowest BCUT2D eigenvalue weighted by Crippen LogP contribution is -2.44. The minimum absolute atomic E-state index is 0.0597. The van der Waals surface area contributed by atoms with E-state index < -0.39 is 0 Å². The third kappa shape index (κ3) is 4.56. The zero-order chi connectivity index (χ0) is 19.4. The van der Waals surface area contributed by atoms with Crippen LogP contribution in [0.1, 0.15) is 36.2 Å². The van der Waals surface area contributed by atoms with Gasteiger partial charge in [-0.1, -0.05) is 0 Å². The second-order valence-corrected chi connectivity index (χ2v) is 7.21. The van der Waals surface area contributed by atoms with E-state index in [9.17, 15) is 4.79 Å². The Bertz CT molecular complexity index is 769. The van der Waals surface area contributed by atoms with E-state index in [1.807, 2.05) is 37.7 Å². The van der Waals surface area contributed by atoms with Crippen LogP contribution >= 0.6 is 0 Å². The van der Waals surface area contributed by atoms with Crippen molar-refractivity contribution in [1.29, 1.82) is 0 Å². The molecular weight excluding hydrogens is 344 g/mol. The van der Waals surface area contributed by atoms with Gasteiger partial charge in [0, 0.05) is 45.1 Å². The van der Waals surface area contributed by atoms with Crippen LogP contribution in [0.15, 0.2) is 12.4 Å². The third-order valence-electron chi connectivity index (χ3n) is 4.95. The number of aromatic amines is 1. The van der Waals surface area contributed by atoms with Crippen LogP contribution in [-0.2, 0) is 11.2 Å². The number of hydrogen-bond acceptors (Lipinski definition) is 6. The SMILES string of the molecule is Cc1n[nH]c(C)c1CCC(=O)N1CCCC(Oc2nccnc2N(C)C)C1. The van der Waals surface area contributed by atoms with Crippen LogP contribution in [0.5, 0.6) is 5.88 Å². The number of carbonyl (C=O) groups excluding carboxylic acids is 1. The molecule has 1 atom stereocenters. The predicted octanol–water partition coefficient (Wildman–Crippen LogP) is 1.89. The van der Waals surface area contributed by atoms with Crippen LogP contribution < -0.4 is 9.64 Å². The summed E-state index contributed by atoms with van der Waals surface area (Å²) in [7, 11) is 3.82. The summed E-state index contributed by atoms with van der Waals surface area (Å²) in [6.45, 7) is 5.33. The Morgan fingerprint density at radius 2 is 2.11 bits per heavy atom. The number of piperidine rings is 1. The molecule has 1 fully saturated rings. The van der Waals surface area contributed by atoms with Gasteiger partial charge in [-0.15, -0.1) is 0 Å². The zero-order valence-corrected chi connectivity index (χ0v) is 16.5. The second-order valence-electron chi connectivity index (χ2n) is 7.21. The molecule has 3 heterocycles. The number of anilines is 1. The second kappa shape index (κ2) is 8.37. The van der Waals surface area contributed by atoms with E-state index in [2.05, 4.69) is 20.2 Å². The van der Waals surface area contributed by atoms with Crippen molar-refractivity contribution in [3.8, 4) is 5.88 Å². The lowest BCUT2D eigenvalue weighted by atomic mass is 10.0. The van der Waals surface area contributed by atoms with Gasteiger partial charge in [0.1, 0.15) is 6.10 Å². The molecule has 146 valence electrons. The molecule has 1 unspecified atom stereocenters. The molecule has 0 aliphatic carbocycles. The van der Waals surface area contributed by atoms with Crippen LogP contribution in [0.3, 0.4) is 0 Å². The molecule has 1 aliphatic rings. The monoisotopic (exact) mass is 372 g/mol. The van der Waals surface area contributed by atoms with E-state index in [1.165, 1.54) is 0 Å². The Hall–Kier alpha value is -2.64. The van der Waals surface area contributed by atoms with Gasteiger partial charge in [-0.05, 0) is 38.7 Å². The summed E-state index contributed by atoms with van der Waals surface area (Å²) < 4.78 is 6.09. The summed E-state index contributed by atoms with van der Waals surface area (Å²) in [5.74, 6) is 1.38. The van der Waals surface area contributed by atoms with Crippen molar-refractivity contribution in [2.24, 2.45) is 0 Å². The van der Waals surface area contributed by atoms with Crippen molar-refractivity contribution in [2.75, 3.05) is 32.1 Å². The minimum atomic E-state index is -0.0597. The number of nitrogens with zero attached hydrogens (tertiary/aromatic N) is 5. The van der Waals surface area contributed by atoms with Gasteiger partial charge in [0.15, 0.2) is 5.82 Å². The molecule has 0 bridgehead atoms. The average Bonchev–Trinajstić information content (AvgIpc) is 2.98. The highest BCUT2D eigenvalue weighted by atomic mass is 16.5. The van der Waals surface area contributed by atoms with Crippen molar-refractivity contribution in [3.63, 3.8) is 0 Å². The van der Waals surface area contributed by atoms with Crippen LogP contribution in [-0.4, -0.2) is 64.3 Å². The van der Waals surface area contributed by atoms with E-state index in [-0.39, 0.29) is 12.0 Å². The molecule has 1 N–H and O–H groups in total. The number of aryl methyl sites for hydroxylation is 2. The highest BCUT2D eigenvalue weighted by molar-refractivity contribution is 5.76. The normalized spacial score (nSPS) is 17.0. The summed E-state index contributed by atoms with van der Waals surface area (Å²) in [5, 5.41) is 7.18. The Morgan fingerprint density at radius 1 is 1.33 bits per heavy atom. The van der Waals surface area contributed by atoms with Gasteiger partial charge in [0.2, 0.25) is 5.91 Å². The van der Waals surface area contributed by atoms with E-state index in [0.29, 0.717) is 31.1 Å². The van der Waals surface area contributed by atoms with Crippen LogP contribution in [0.25, 0.3) is 0 Å².